The van der Waals surface area contributed by atoms with E-state index in [1.807, 2.05) is 19.9 Å². The van der Waals surface area contributed by atoms with Crippen LogP contribution < -0.4 is 11.1 Å². The first-order chi connectivity index (χ1) is 23.7. The number of aliphatic carboxylic acids is 1. The van der Waals surface area contributed by atoms with Gasteiger partial charge in [0.2, 0.25) is 5.82 Å². The number of rotatable bonds is 9. The number of carboxylic acid groups (broad SMARTS) is 1. The minimum absolute atomic E-state index is 0.00343. The molecule has 1 aliphatic heterocycles. The van der Waals surface area contributed by atoms with Gasteiger partial charge in [-0.2, -0.15) is 5.10 Å². The van der Waals surface area contributed by atoms with E-state index >= 15 is 4.79 Å². The van der Waals surface area contributed by atoms with Crippen molar-refractivity contribution in [3.8, 4) is 0 Å². The topological polar surface area (TPSA) is 159 Å². The van der Waals surface area contributed by atoms with Gasteiger partial charge in [-0.25, -0.2) is 9.67 Å². The number of ketones is 1. The van der Waals surface area contributed by atoms with Gasteiger partial charge < -0.3 is 25.6 Å². The summed E-state index contributed by atoms with van der Waals surface area (Å²) in [5.41, 5.74) is 4.06. The van der Waals surface area contributed by atoms with Crippen LogP contribution in [0, 0.1) is 62.6 Å². The highest BCUT2D eigenvalue weighted by Gasteiger charge is 2.74. The van der Waals surface area contributed by atoms with Crippen LogP contribution in [0.25, 0.3) is 0 Å². The van der Waals surface area contributed by atoms with Gasteiger partial charge in [0.15, 0.2) is 5.78 Å². The zero-order valence-electron chi connectivity index (χ0n) is 32.8. The summed E-state index contributed by atoms with van der Waals surface area (Å²) in [5.74, 6) is -1.18. The molecule has 1 aromatic rings. The zero-order chi connectivity index (χ0) is 37.7. The number of fused-ring (bicyclic) bond motifs is 3. The minimum Gasteiger partial charge on any atom is -0.481 e. The van der Waals surface area contributed by atoms with E-state index < -0.39 is 56.6 Å². The van der Waals surface area contributed by atoms with E-state index in [2.05, 4.69) is 70.8 Å². The van der Waals surface area contributed by atoms with Gasteiger partial charge in [-0.15, -0.1) is 0 Å². The van der Waals surface area contributed by atoms with Crippen LogP contribution in [0.15, 0.2) is 18.0 Å². The molecular formula is C40H63N5O6. The van der Waals surface area contributed by atoms with Crippen LogP contribution in [0.3, 0.4) is 0 Å². The van der Waals surface area contributed by atoms with E-state index in [0.717, 1.165) is 31.3 Å². The third-order valence-electron chi connectivity index (χ3n) is 16.2. The lowest BCUT2D eigenvalue weighted by atomic mass is 9.34. The number of aromatic nitrogens is 3. The van der Waals surface area contributed by atoms with E-state index in [1.54, 1.807) is 11.7 Å². The summed E-state index contributed by atoms with van der Waals surface area (Å²) in [6, 6.07) is -0.392. The van der Waals surface area contributed by atoms with Gasteiger partial charge in [0, 0.05) is 28.8 Å². The van der Waals surface area contributed by atoms with Crippen LogP contribution >= 0.6 is 0 Å². The molecule has 0 spiro atoms. The monoisotopic (exact) mass is 709 g/mol. The number of nitrogens with two attached hydrogens (primary N) is 1. The summed E-state index contributed by atoms with van der Waals surface area (Å²) in [6.45, 7) is 22.4. The number of nitrogens with zero attached hydrogens (tertiary/aromatic N) is 3. The van der Waals surface area contributed by atoms with Crippen LogP contribution in [0.5, 0.6) is 0 Å². The third kappa shape index (κ3) is 5.17. The van der Waals surface area contributed by atoms with E-state index in [-0.39, 0.29) is 47.1 Å². The number of ether oxygens (including phenoxy) is 2. The largest absolute Gasteiger partial charge is 0.481 e. The van der Waals surface area contributed by atoms with Crippen molar-refractivity contribution in [1.29, 1.82) is 0 Å². The lowest BCUT2D eigenvalue weighted by molar-refractivity contribution is -0.251. The number of carbonyl (C=O) groups is 3. The normalized spacial score (nSPS) is 42.3. The van der Waals surface area contributed by atoms with Crippen molar-refractivity contribution >= 4 is 17.7 Å². The van der Waals surface area contributed by atoms with Crippen molar-refractivity contribution in [1.82, 2.24) is 20.1 Å². The Morgan fingerprint density at radius 2 is 1.82 bits per heavy atom. The Labute approximate surface area is 304 Å². The highest BCUT2D eigenvalue weighted by molar-refractivity contribution is 6.00. The summed E-state index contributed by atoms with van der Waals surface area (Å²) in [5, 5.41) is 18.4. The molecule has 51 heavy (non-hydrogen) atoms. The Kier molecular flexibility index (Phi) is 9.32. The first-order valence-corrected chi connectivity index (χ1v) is 19.3. The maximum Gasteiger partial charge on any atom is 0.308 e. The average Bonchev–Trinajstić information content (AvgIpc) is 3.54. The lowest BCUT2D eigenvalue weighted by Crippen LogP contribution is -2.70. The number of amides is 1. The van der Waals surface area contributed by atoms with Gasteiger partial charge in [-0.3, -0.25) is 14.4 Å². The van der Waals surface area contributed by atoms with E-state index in [0.29, 0.717) is 26.2 Å². The highest BCUT2D eigenvalue weighted by atomic mass is 16.5. The van der Waals surface area contributed by atoms with Gasteiger partial charge in [0.1, 0.15) is 6.33 Å². The van der Waals surface area contributed by atoms with Crippen LogP contribution in [-0.4, -0.2) is 76.0 Å². The molecule has 0 radical (unpaired) electrons. The molecule has 2 heterocycles. The number of hydrogen-bond donors (Lipinski definition) is 3. The SMILES string of the molecule is CNC(=O)c1ncnn1[C@@H]1CC23COC[C@@](C)([C@@H]2CC[C@H]2C3=CC(=O)[C@@]3(C)[C@H](C(=O)O)[C@@](C)([C@H](C)C(C)C)CC[C@]23C)[C@H]1OC[C@](C)(N)C(C)C. The molecular weight excluding hydrogens is 646 g/mol. The van der Waals surface area contributed by atoms with Gasteiger partial charge >= 0.3 is 5.97 Å². The van der Waals surface area contributed by atoms with Crippen molar-refractivity contribution in [3.05, 3.63) is 23.8 Å². The molecule has 1 saturated heterocycles. The van der Waals surface area contributed by atoms with Gasteiger partial charge in [0.25, 0.3) is 5.91 Å². The molecule has 2 bridgehead atoms. The second kappa shape index (κ2) is 12.5. The lowest BCUT2D eigenvalue weighted by Gasteiger charge is -2.70. The predicted octanol–water partition coefficient (Wildman–Crippen LogP) is 5.70. The number of hydrogen-bond acceptors (Lipinski definition) is 8. The number of allylic oxidation sites excluding steroid dienone is 1. The van der Waals surface area contributed by atoms with Crippen molar-refractivity contribution in [2.45, 2.75) is 119 Å². The quantitative estimate of drug-likeness (QED) is 0.292. The van der Waals surface area contributed by atoms with Crippen molar-refractivity contribution < 1.29 is 29.0 Å². The summed E-state index contributed by atoms with van der Waals surface area (Å²) in [4.78, 5) is 46.1. The second-order valence-corrected chi connectivity index (χ2v) is 19.0. The maximum atomic E-state index is 15.1. The Morgan fingerprint density at radius 1 is 1.14 bits per heavy atom. The molecule has 4 fully saturated rings. The molecule has 6 rings (SSSR count). The van der Waals surface area contributed by atoms with Crippen LogP contribution in [0.4, 0.5) is 0 Å². The van der Waals surface area contributed by atoms with Crippen molar-refractivity contribution in [3.63, 3.8) is 0 Å². The highest BCUT2D eigenvalue weighted by Crippen LogP contribution is 2.74. The van der Waals surface area contributed by atoms with Crippen LogP contribution in [0.1, 0.15) is 118 Å². The molecule has 1 amide bonds. The maximum absolute atomic E-state index is 15.1. The van der Waals surface area contributed by atoms with Crippen LogP contribution in [0.2, 0.25) is 0 Å². The molecule has 1 aromatic heterocycles. The van der Waals surface area contributed by atoms with Crippen molar-refractivity contribution in [2.75, 3.05) is 26.9 Å². The van der Waals surface area contributed by atoms with Gasteiger partial charge in [0.05, 0.1) is 37.9 Å². The number of carboxylic acids is 1. The smallest absolute Gasteiger partial charge is 0.308 e. The standard InChI is InChI=1S/C40H63N5O6/c1-22(2)24(5)35(6)14-15-37(8)25-12-13-28-36(7)18-50-20-40(28,26(25)16-29(46)39(37,10)30(35)34(48)49)17-27(31(36)51-19-38(9,41)23(3)4)45-32(33(47)42-11)43-21-44-45/h16,21-25,27-28,30-31H,12-15,17-20,41H2,1-11H3,(H,42,47)(H,48,49)/t24-,25+,27-,28+,30-,31+,35-,36+,37-,38+,39+,40?/m1/s1. The molecule has 0 aromatic carbocycles. The third-order valence-corrected chi connectivity index (χ3v) is 16.2. The first-order valence-electron chi connectivity index (χ1n) is 19.3. The summed E-state index contributed by atoms with van der Waals surface area (Å²) in [7, 11) is 1.58. The molecule has 12 atom stereocenters. The van der Waals surface area contributed by atoms with Gasteiger partial charge in [-0.1, -0.05) is 67.9 Å². The molecule has 3 saturated carbocycles. The Morgan fingerprint density at radius 3 is 2.43 bits per heavy atom. The summed E-state index contributed by atoms with van der Waals surface area (Å²) in [6.07, 6.45) is 6.71. The van der Waals surface area contributed by atoms with E-state index in [1.165, 1.54) is 6.33 Å². The number of nitrogens with one attached hydrogen (secondary N) is 1. The Balaban J connectivity index is 1.51. The molecule has 11 heteroatoms. The molecule has 11 nitrogen and oxygen atoms in total. The van der Waals surface area contributed by atoms with E-state index in [4.69, 9.17) is 15.2 Å². The average molecular weight is 710 g/mol. The fraction of sp³-hybridized carbons (Fsp3) is 0.825. The molecule has 4 aliphatic carbocycles. The number of carbonyl (C=O) groups excluding carboxylic acids is 2. The molecule has 284 valence electrons. The fourth-order valence-electron chi connectivity index (χ4n) is 12.1. The Bertz CT molecular complexity index is 1600. The summed E-state index contributed by atoms with van der Waals surface area (Å²) < 4.78 is 15.3. The summed E-state index contributed by atoms with van der Waals surface area (Å²) >= 11 is 0. The fourth-order valence-corrected chi connectivity index (χ4v) is 12.1. The molecule has 5 aliphatic rings. The van der Waals surface area contributed by atoms with Gasteiger partial charge in [-0.05, 0) is 85.5 Å². The molecule has 4 N–H and O–H groups in total. The predicted molar refractivity (Wildman–Crippen MR) is 194 cm³/mol. The van der Waals surface area contributed by atoms with E-state index in [9.17, 15) is 14.7 Å². The molecule has 1 unspecified atom stereocenters. The Hall–Kier alpha value is -2.63. The minimum atomic E-state index is -1.08. The van der Waals surface area contributed by atoms with Crippen molar-refractivity contribution in [2.24, 2.45) is 68.3 Å². The second-order valence-electron chi connectivity index (χ2n) is 19.0. The zero-order valence-corrected chi connectivity index (χ0v) is 32.8. The first kappa shape index (κ1) is 38.1. The van der Waals surface area contributed by atoms with Crippen LogP contribution in [-0.2, 0) is 19.1 Å².